The Balaban J connectivity index is 3.12. The van der Waals surface area contributed by atoms with Gasteiger partial charge in [-0.2, -0.15) is 0 Å². The lowest BCUT2D eigenvalue weighted by molar-refractivity contribution is -0.145. The molecule has 0 spiro atoms. The number of unbranched alkanes of at least 4 members (excludes halogenated alkanes) is 8. The zero-order valence-corrected chi connectivity index (χ0v) is 13.6. The van der Waals surface area contributed by atoms with Gasteiger partial charge in [0.05, 0.1) is 6.61 Å². The molecule has 0 fully saturated rings. The minimum absolute atomic E-state index is 0.0740. The van der Waals surface area contributed by atoms with E-state index in [-0.39, 0.29) is 5.97 Å². The highest BCUT2D eigenvalue weighted by Gasteiger charge is 2.02. The van der Waals surface area contributed by atoms with Crippen LogP contribution < -0.4 is 0 Å². The molecule has 0 N–H and O–H groups in total. The standard InChI is InChI=1S/C17H34O3/c1-3-5-7-9-10-11-13-17(18)20-16-15-19-14-12-8-6-4-2/h3-16H2,1-2H3. The summed E-state index contributed by atoms with van der Waals surface area (Å²) < 4.78 is 10.6. The van der Waals surface area contributed by atoms with Crippen molar-refractivity contribution in [1.29, 1.82) is 0 Å². The van der Waals surface area contributed by atoms with Gasteiger partial charge in [-0.1, -0.05) is 65.2 Å². The molecule has 120 valence electrons. The summed E-state index contributed by atoms with van der Waals surface area (Å²) in [5, 5.41) is 0. The van der Waals surface area contributed by atoms with Crippen molar-refractivity contribution in [2.24, 2.45) is 0 Å². The predicted molar refractivity (Wildman–Crippen MR) is 83.9 cm³/mol. The smallest absolute Gasteiger partial charge is 0.305 e. The van der Waals surface area contributed by atoms with E-state index < -0.39 is 0 Å². The monoisotopic (exact) mass is 286 g/mol. The molecule has 0 aromatic heterocycles. The van der Waals surface area contributed by atoms with Gasteiger partial charge in [-0.3, -0.25) is 4.79 Å². The number of rotatable bonds is 15. The molecule has 20 heavy (non-hydrogen) atoms. The molecule has 0 amide bonds. The normalized spacial score (nSPS) is 10.7. The predicted octanol–water partition coefficient (Wildman–Crippen LogP) is 4.88. The molecule has 0 aromatic rings. The minimum atomic E-state index is -0.0740. The molecule has 0 bridgehead atoms. The second kappa shape index (κ2) is 16.5. The van der Waals surface area contributed by atoms with E-state index in [1.54, 1.807) is 0 Å². The number of carbonyl (C=O) groups is 1. The fourth-order valence-electron chi connectivity index (χ4n) is 2.07. The second-order valence-corrected chi connectivity index (χ2v) is 5.41. The van der Waals surface area contributed by atoms with Gasteiger partial charge in [-0.15, -0.1) is 0 Å². The van der Waals surface area contributed by atoms with Crippen LogP contribution in [0, 0.1) is 0 Å². The molecule has 0 unspecified atom stereocenters. The first kappa shape index (κ1) is 19.4. The van der Waals surface area contributed by atoms with Crippen LogP contribution in [-0.4, -0.2) is 25.8 Å². The summed E-state index contributed by atoms with van der Waals surface area (Å²) in [6.45, 7) is 6.14. The summed E-state index contributed by atoms with van der Waals surface area (Å²) >= 11 is 0. The third-order valence-electron chi connectivity index (χ3n) is 3.37. The molecule has 0 atom stereocenters. The SMILES string of the molecule is CCCCCCCCC(=O)OCCOCCCCCC. The van der Waals surface area contributed by atoms with Crippen LogP contribution in [0.1, 0.15) is 84.5 Å². The van der Waals surface area contributed by atoms with Crippen LogP contribution in [0.15, 0.2) is 0 Å². The van der Waals surface area contributed by atoms with E-state index in [1.165, 1.54) is 44.9 Å². The number of carbonyl (C=O) groups excluding carboxylic acids is 1. The Morgan fingerprint density at radius 1 is 0.700 bits per heavy atom. The number of esters is 1. The van der Waals surface area contributed by atoms with E-state index in [1.807, 2.05) is 0 Å². The summed E-state index contributed by atoms with van der Waals surface area (Å²) in [6.07, 6.45) is 12.6. The second-order valence-electron chi connectivity index (χ2n) is 5.41. The maximum absolute atomic E-state index is 11.4. The van der Waals surface area contributed by atoms with Crippen molar-refractivity contribution in [2.75, 3.05) is 19.8 Å². The van der Waals surface area contributed by atoms with Crippen molar-refractivity contribution in [3.05, 3.63) is 0 Å². The highest BCUT2D eigenvalue weighted by atomic mass is 16.6. The lowest BCUT2D eigenvalue weighted by Gasteiger charge is -2.06. The first-order valence-corrected chi connectivity index (χ1v) is 8.54. The largest absolute Gasteiger partial charge is 0.463 e. The van der Waals surface area contributed by atoms with Crippen molar-refractivity contribution in [2.45, 2.75) is 84.5 Å². The van der Waals surface area contributed by atoms with Crippen LogP contribution in [-0.2, 0) is 14.3 Å². The van der Waals surface area contributed by atoms with Gasteiger partial charge in [0.1, 0.15) is 6.61 Å². The van der Waals surface area contributed by atoms with Gasteiger partial charge in [0.25, 0.3) is 0 Å². The van der Waals surface area contributed by atoms with Crippen molar-refractivity contribution >= 4 is 5.97 Å². The Labute approximate surface area is 125 Å². The third-order valence-corrected chi connectivity index (χ3v) is 3.37. The summed E-state index contributed by atoms with van der Waals surface area (Å²) in [5.74, 6) is -0.0740. The molecule has 0 radical (unpaired) electrons. The average Bonchev–Trinajstić information content (AvgIpc) is 2.45. The van der Waals surface area contributed by atoms with Crippen molar-refractivity contribution in [3.8, 4) is 0 Å². The van der Waals surface area contributed by atoms with E-state index in [2.05, 4.69) is 13.8 Å². The fourth-order valence-corrected chi connectivity index (χ4v) is 2.07. The van der Waals surface area contributed by atoms with Crippen LogP contribution in [0.3, 0.4) is 0 Å². The minimum Gasteiger partial charge on any atom is -0.463 e. The molecule has 0 saturated carbocycles. The summed E-state index contributed by atoms with van der Waals surface area (Å²) in [6, 6.07) is 0. The van der Waals surface area contributed by atoms with E-state index in [0.29, 0.717) is 19.6 Å². The number of hydrogen-bond donors (Lipinski definition) is 0. The Morgan fingerprint density at radius 3 is 2.00 bits per heavy atom. The van der Waals surface area contributed by atoms with Crippen molar-refractivity contribution in [1.82, 2.24) is 0 Å². The van der Waals surface area contributed by atoms with Gasteiger partial charge in [0.15, 0.2) is 0 Å². The number of ether oxygens (including phenoxy) is 2. The molecule has 0 heterocycles. The Kier molecular flexibility index (Phi) is 16.0. The summed E-state index contributed by atoms with van der Waals surface area (Å²) in [5.41, 5.74) is 0. The average molecular weight is 286 g/mol. The highest BCUT2D eigenvalue weighted by Crippen LogP contribution is 2.07. The highest BCUT2D eigenvalue weighted by molar-refractivity contribution is 5.69. The van der Waals surface area contributed by atoms with Crippen LogP contribution in [0.2, 0.25) is 0 Å². The third kappa shape index (κ3) is 15.5. The number of hydrogen-bond acceptors (Lipinski definition) is 3. The summed E-state index contributed by atoms with van der Waals surface area (Å²) in [4.78, 5) is 11.4. The Hall–Kier alpha value is -0.570. The lowest BCUT2D eigenvalue weighted by Crippen LogP contribution is -2.10. The maximum Gasteiger partial charge on any atom is 0.305 e. The molecule has 3 nitrogen and oxygen atoms in total. The quantitative estimate of drug-likeness (QED) is 0.318. The van der Waals surface area contributed by atoms with Gasteiger partial charge in [-0.05, 0) is 12.8 Å². The van der Waals surface area contributed by atoms with Crippen LogP contribution >= 0.6 is 0 Å². The molecule has 0 aliphatic carbocycles. The van der Waals surface area contributed by atoms with Crippen LogP contribution in [0.25, 0.3) is 0 Å². The first-order valence-electron chi connectivity index (χ1n) is 8.54. The van der Waals surface area contributed by atoms with Gasteiger partial charge in [0.2, 0.25) is 0 Å². The van der Waals surface area contributed by atoms with E-state index in [9.17, 15) is 4.79 Å². The molecule has 3 heteroatoms. The molecular weight excluding hydrogens is 252 g/mol. The molecule has 0 saturated heterocycles. The Morgan fingerprint density at radius 2 is 1.30 bits per heavy atom. The lowest BCUT2D eigenvalue weighted by atomic mass is 10.1. The van der Waals surface area contributed by atoms with E-state index in [4.69, 9.17) is 9.47 Å². The topological polar surface area (TPSA) is 35.5 Å². The van der Waals surface area contributed by atoms with E-state index in [0.717, 1.165) is 25.9 Å². The van der Waals surface area contributed by atoms with Gasteiger partial charge < -0.3 is 9.47 Å². The van der Waals surface area contributed by atoms with E-state index >= 15 is 0 Å². The van der Waals surface area contributed by atoms with Gasteiger partial charge in [-0.25, -0.2) is 0 Å². The molecule has 0 aliphatic rings. The van der Waals surface area contributed by atoms with Gasteiger partial charge >= 0.3 is 5.97 Å². The zero-order valence-electron chi connectivity index (χ0n) is 13.6. The Bertz CT molecular complexity index is 204. The molecule has 0 aromatic carbocycles. The van der Waals surface area contributed by atoms with Crippen molar-refractivity contribution in [3.63, 3.8) is 0 Å². The molecule has 0 aliphatic heterocycles. The van der Waals surface area contributed by atoms with Gasteiger partial charge in [0, 0.05) is 13.0 Å². The molecular formula is C17H34O3. The van der Waals surface area contributed by atoms with Crippen LogP contribution in [0.5, 0.6) is 0 Å². The zero-order chi connectivity index (χ0) is 14.9. The first-order chi connectivity index (χ1) is 9.81. The fraction of sp³-hybridized carbons (Fsp3) is 0.941. The summed E-state index contributed by atoms with van der Waals surface area (Å²) in [7, 11) is 0. The molecule has 0 rings (SSSR count). The van der Waals surface area contributed by atoms with Crippen molar-refractivity contribution < 1.29 is 14.3 Å². The maximum atomic E-state index is 11.4. The van der Waals surface area contributed by atoms with Crippen LogP contribution in [0.4, 0.5) is 0 Å².